The topological polar surface area (TPSA) is 80.8 Å². The van der Waals surface area contributed by atoms with Gasteiger partial charge in [0.25, 0.3) is 0 Å². The van der Waals surface area contributed by atoms with E-state index in [1.54, 1.807) is 11.1 Å². The van der Waals surface area contributed by atoms with Crippen molar-refractivity contribution in [1.82, 2.24) is 15.2 Å². The molecule has 0 bridgehead atoms. The van der Waals surface area contributed by atoms with Gasteiger partial charge >= 0.3 is 12.2 Å². The molecule has 0 aliphatic heterocycles. The van der Waals surface area contributed by atoms with Crippen LogP contribution in [0, 0.1) is 0 Å². The van der Waals surface area contributed by atoms with Gasteiger partial charge < -0.3 is 19.7 Å². The third-order valence-electron chi connectivity index (χ3n) is 3.29. The van der Waals surface area contributed by atoms with Crippen LogP contribution in [0.2, 0.25) is 0 Å². The van der Waals surface area contributed by atoms with Gasteiger partial charge in [-0.15, -0.1) is 0 Å². The van der Waals surface area contributed by atoms with E-state index in [1.165, 1.54) is 0 Å². The Balaban J connectivity index is 2.52. The van der Waals surface area contributed by atoms with Crippen molar-refractivity contribution in [3.8, 4) is 0 Å². The molecule has 1 rings (SSSR count). The van der Waals surface area contributed by atoms with E-state index >= 15 is 0 Å². The summed E-state index contributed by atoms with van der Waals surface area (Å²) in [4.78, 5) is 30.1. The molecule has 0 unspecified atom stereocenters. The van der Waals surface area contributed by atoms with E-state index in [2.05, 4.69) is 10.3 Å². The fraction of sp³-hybridized carbons (Fsp3) is 0.650. The Kier molecular flexibility index (Phi) is 8.53. The quantitative estimate of drug-likeness (QED) is 0.729. The van der Waals surface area contributed by atoms with Gasteiger partial charge in [-0.2, -0.15) is 0 Å². The van der Waals surface area contributed by atoms with E-state index < -0.39 is 17.3 Å². The number of hydrogen-bond acceptors (Lipinski definition) is 5. The SMILES string of the molecule is CC(C)(C)OC(=O)NCCCN(CCc1ccccn1)C(=O)OC(C)(C)C. The van der Waals surface area contributed by atoms with E-state index in [-0.39, 0.29) is 6.09 Å². The molecule has 152 valence electrons. The maximum absolute atomic E-state index is 12.5. The lowest BCUT2D eigenvalue weighted by Crippen LogP contribution is -2.40. The van der Waals surface area contributed by atoms with Gasteiger partial charge in [-0.25, -0.2) is 9.59 Å². The molecule has 1 aromatic heterocycles. The number of amides is 2. The zero-order valence-electron chi connectivity index (χ0n) is 17.4. The van der Waals surface area contributed by atoms with Crippen LogP contribution < -0.4 is 5.32 Å². The van der Waals surface area contributed by atoms with Crippen molar-refractivity contribution in [2.24, 2.45) is 0 Å². The summed E-state index contributed by atoms with van der Waals surface area (Å²) in [5.74, 6) is 0. The molecule has 0 aliphatic carbocycles. The number of aromatic nitrogens is 1. The van der Waals surface area contributed by atoms with E-state index in [0.29, 0.717) is 32.5 Å². The predicted octanol–water partition coefficient (Wildman–Crippen LogP) is 3.78. The standard InChI is InChI=1S/C20H33N3O4/c1-19(2,3)26-17(24)22-13-9-14-23(18(25)27-20(4,5)6)15-11-16-10-7-8-12-21-16/h7-8,10,12H,9,11,13-15H2,1-6H3,(H,22,24). The molecule has 0 fully saturated rings. The second-order valence-electron chi connectivity index (χ2n) is 8.32. The third-order valence-corrected chi connectivity index (χ3v) is 3.29. The molecule has 0 saturated heterocycles. The molecule has 7 heteroatoms. The highest BCUT2D eigenvalue weighted by molar-refractivity contribution is 5.68. The number of alkyl carbamates (subject to hydrolysis) is 1. The Morgan fingerprint density at radius 1 is 1.04 bits per heavy atom. The van der Waals surface area contributed by atoms with Gasteiger partial charge in [0.2, 0.25) is 0 Å². The van der Waals surface area contributed by atoms with E-state index in [9.17, 15) is 9.59 Å². The Hall–Kier alpha value is -2.31. The highest BCUT2D eigenvalue weighted by atomic mass is 16.6. The first kappa shape index (κ1) is 22.7. The van der Waals surface area contributed by atoms with Crippen LogP contribution >= 0.6 is 0 Å². The normalized spacial score (nSPS) is 11.6. The smallest absolute Gasteiger partial charge is 0.410 e. The minimum atomic E-state index is -0.560. The first-order chi connectivity index (χ1) is 12.5. The summed E-state index contributed by atoms with van der Waals surface area (Å²) in [5.41, 5.74) is -0.178. The molecule has 0 aliphatic rings. The molecule has 2 amide bonds. The van der Waals surface area contributed by atoms with Crippen LogP contribution in [0.4, 0.5) is 9.59 Å². The minimum absolute atomic E-state index is 0.365. The van der Waals surface area contributed by atoms with Crippen LogP contribution in [0.1, 0.15) is 53.7 Å². The summed E-state index contributed by atoms with van der Waals surface area (Å²) in [6, 6.07) is 5.71. The minimum Gasteiger partial charge on any atom is -0.444 e. The molecular formula is C20H33N3O4. The fourth-order valence-corrected chi connectivity index (χ4v) is 2.19. The average molecular weight is 380 g/mol. The summed E-state index contributed by atoms with van der Waals surface area (Å²) in [6.07, 6.45) is 2.15. The number of carbonyl (C=O) groups is 2. The van der Waals surface area contributed by atoms with Crippen LogP contribution in [-0.2, 0) is 15.9 Å². The first-order valence-electron chi connectivity index (χ1n) is 9.31. The van der Waals surface area contributed by atoms with Crippen LogP contribution in [0.25, 0.3) is 0 Å². The summed E-state index contributed by atoms with van der Waals surface area (Å²) in [5, 5.41) is 2.70. The van der Waals surface area contributed by atoms with Gasteiger partial charge in [0.05, 0.1) is 0 Å². The lowest BCUT2D eigenvalue weighted by Gasteiger charge is -2.27. The first-order valence-corrected chi connectivity index (χ1v) is 9.31. The zero-order chi connectivity index (χ0) is 20.5. The van der Waals surface area contributed by atoms with Gasteiger partial charge in [0.15, 0.2) is 0 Å². The zero-order valence-corrected chi connectivity index (χ0v) is 17.4. The second-order valence-corrected chi connectivity index (χ2v) is 8.32. The molecule has 7 nitrogen and oxygen atoms in total. The fourth-order valence-electron chi connectivity index (χ4n) is 2.19. The van der Waals surface area contributed by atoms with Gasteiger partial charge in [-0.3, -0.25) is 4.98 Å². The molecule has 1 heterocycles. The Bertz CT molecular complexity index is 591. The van der Waals surface area contributed by atoms with E-state index in [4.69, 9.17) is 9.47 Å². The van der Waals surface area contributed by atoms with Crippen molar-refractivity contribution in [1.29, 1.82) is 0 Å². The number of nitrogens with one attached hydrogen (secondary N) is 1. The number of pyridine rings is 1. The highest BCUT2D eigenvalue weighted by Crippen LogP contribution is 2.11. The maximum atomic E-state index is 12.5. The molecule has 0 radical (unpaired) electrons. The predicted molar refractivity (Wildman–Crippen MR) is 105 cm³/mol. The average Bonchev–Trinajstić information content (AvgIpc) is 2.51. The van der Waals surface area contributed by atoms with Crippen LogP contribution in [0.5, 0.6) is 0 Å². The van der Waals surface area contributed by atoms with E-state index in [0.717, 1.165) is 5.69 Å². The van der Waals surface area contributed by atoms with Crippen molar-refractivity contribution < 1.29 is 19.1 Å². The van der Waals surface area contributed by atoms with Crippen LogP contribution in [0.3, 0.4) is 0 Å². The van der Waals surface area contributed by atoms with Gasteiger partial charge in [-0.1, -0.05) is 6.07 Å². The molecule has 0 aromatic carbocycles. The second kappa shape index (κ2) is 10.1. The molecule has 0 spiro atoms. The van der Waals surface area contributed by atoms with Gasteiger partial charge in [0, 0.05) is 37.9 Å². The third kappa shape index (κ3) is 11.1. The van der Waals surface area contributed by atoms with Crippen molar-refractivity contribution in [2.75, 3.05) is 19.6 Å². The molecule has 27 heavy (non-hydrogen) atoms. The van der Waals surface area contributed by atoms with Crippen molar-refractivity contribution >= 4 is 12.2 Å². The Morgan fingerprint density at radius 2 is 1.70 bits per heavy atom. The Labute approximate surface area is 162 Å². The maximum Gasteiger partial charge on any atom is 0.410 e. The monoisotopic (exact) mass is 379 g/mol. The number of ether oxygens (including phenoxy) is 2. The number of carbonyl (C=O) groups excluding carboxylic acids is 2. The van der Waals surface area contributed by atoms with Crippen molar-refractivity contribution in [2.45, 2.75) is 65.6 Å². The summed E-state index contributed by atoms with van der Waals surface area (Å²) >= 11 is 0. The Morgan fingerprint density at radius 3 is 2.26 bits per heavy atom. The summed E-state index contributed by atoms with van der Waals surface area (Å²) in [6.45, 7) is 12.3. The lowest BCUT2D eigenvalue weighted by molar-refractivity contribution is 0.0249. The molecule has 1 N–H and O–H groups in total. The van der Waals surface area contributed by atoms with Crippen molar-refractivity contribution in [3.05, 3.63) is 30.1 Å². The van der Waals surface area contributed by atoms with Crippen LogP contribution in [-0.4, -0.2) is 52.9 Å². The molecule has 0 atom stereocenters. The number of nitrogens with zero attached hydrogens (tertiary/aromatic N) is 2. The van der Waals surface area contributed by atoms with Gasteiger partial charge in [-0.05, 0) is 60.1 Å². The number of hydrogen-bond donors (Lipinski definition) is 1. The largest absolute Gasteiger partial charge is 0.444 e. The van der Waals surface area contributed by atoms with E-state index in [1.807, 2.05) is 59.7 Å². The number of rotatable bonds is 7. The van der Waals surface area contributed by atoms with Crippen LogP contribution in [0.15, 0.2) is 24.4 Å². The lowest BCUT2D eigenvalue weighted by atomic mass is 10.2. The molecule has 0 saturated carbocycles. The van der Waals surface area contributed by atoms with Crippen molar-refractivity contribution in [3.63, 3.8) is 0 Å². The summed E-state index contributed by atoms with van der Waals surface area (Å²) in [7, 11) is 0. The molecular weight excluding hydrogens is 346 g/mol. The summed E-state index contributed by atoms with van der Waals surface area (Å²) < 4.78 is 10.7. The van der Waals surface area contributed by atoms with Gasteiger partial charge in [0.1, 0.15) is 11.2 Å². The molecule has 1 aromatic rings. The highest BCUT2D eigenvalue weighted by Gasteiger charge is 2.22.